The normalized spacial score (nSPS) is 18.6. The van der Waals surface area contributed by atoms with E-state index in [-0.39, 0.29) is 17.5 Å². The van der Waals surface area contributed by atoms with Crippen molar-refractivity contribution in [1.82, 2.24) is 20.4 Å². The highest BCUT2D eigenvalue weighted by Gasteiger charge is 2.30. The lowest BCUT2D eigenvalue weighted by Gasteiger charge is -2.32. The molecule has 0 radical (unpaired) electrons. The van der Waals surface area contributed by atoms with Gasteiger partial charge in [-0.3, -0.25) is 9.59 Å². The Kier molecular flexibility index (Phi) is 4.49. The SMILES string of the molecule is CCCNc1ccc(C(=O)N2CCNC(=O)C2C)nn1. The fraction of sp³-hybridized carbons (Fsp3) is 0.538. The molecule has 1 atom stereocenters. The van der Waals surface area contributed by atoms with Gasteiger partial charge in [0.2, 0.25) is 5.91 Å². The predicted molar refractivity (Wildman–Crippen MR) is 74.3 cm³/mol. The highest BCUT2D eigenvalue weighted by Crippen LogP contribution is 2.10. The summed E-state index contributed by atoms with van der Waals surface area (Å²) in [6.07, 6.45) is 0.989. The van der Waals surface area contributed by atoms with Crippen LogP contribution in [0, 0.1) is 0 Å². The first kappa shape index (κ1) is 14.2. The molecule has 1 saturated heterocycles. The summed E-state index contributed by atoms with van der Waals surface area (Å²) < 4.78 is 0. The van der Waals surface area contributed by atoms with E-state index < -0.39 is 6.04 Å². The van der Waals surface area contributed by atoms with E-state index in [0.29, 0.717) is 18.9 Å². The molecule has 2 heterocycles. The first-order valence-electron chi connectivity index (χ1n) is 6.79. The molecule has 0 aliphatic carbocycles. The van der Waals surface area contributed by atoms with Gasteiger partial charge in [-0.1, -0.05) is 6.92 Å². The lowest BCUT2D eigenvalue weighted by Crippen LogP contribution is -2.56. The Morgan fingerprint density at radius 1 is 1.50 bits per heavy atom. The molecule has 1 aliphatic rings. The van der Waals surface area contributed by atoms with E-state index in [1.165, 1.54) is 4.90 Å². The molecule has 2 amide bonds. The third kappa shape index (κ3) is 3.04. The molecule has 2 rings (SSSR count). The Bertz CT molecular complexity index is 488. The molecule has 0 bridgehead atoms. The molecule has 0 saturated carbocycles. The van der Waals surface area contributed by atoms with Crippen LogP contribution in [0.4, 0.5) is 5.82 Å². The number of hydrogen-bond donors (Lipinski definition) is 2. The van der Waals surface area contributed by atoms with Crippen LogP contribution >= 0.6 is 0 Å². The zero-order valence-corrected chi connectivity index (χ0v) is 11.7. The number of amides is 2. The summed E-state index contributed by atoms with van der Waals surface area (Å²) in [5.41, 5.74) is 0.258. The zero-order valence-electron chi connectivity index (χ0n) is 11.7. The molecule has 1 aromatic heterocycles. The van der Waals surface area contributed by atoms with Crippen LogP contribution in [0.15, 0.2) is 12.1 Å². The number of aromatic nitrogens is 2. The average molecular weight is 277 g/mol. The minimum absolute atomic E-state index is 0.140. The number of piperazine rings is 1. The van der Waals surface area contributed by atoms with E-state index in [2.05, 4.69) is 27.8 Å². The van der Waals surface area contributed by atoms with E-state index in [1.54, 1.807) is 19.1 Å². The fourth-order valence-electron chi connectivity index (χ4n) is 2.00. The van der Waals surface area contributed by atoms with Crippen LogP contribution in [0.5, 0.6) is 0 Å². The standard InChI is InChI=1S/C13H19N5O2/c1-3-6-14-11-5-4-10(16-17-11)13(20)18-8-7-15-12(19)9(18)2/h4-5,9H,3,6-8H2,1-2H3,(H,14,17)(H,15,19). The van der Waals surface area contributed by atoms with Gasteiger partial charge in [0.15, 0.2) is 5.69 Å². The van der Waals surface area contributed by atoms with Crippen LogP contribution in [0.3, 0.4) is 0 Å². The Balaban J connectivity index is 2.06. The summed E-state index contributed by atoms with van der Waals surface area (Å²) >= 11 is 0. The maximum absolute atomic E-state index is 12.3. The number of nitrogens with one attached hydrogen (secondary N) is 2. The molecule has 108 valence electrons. The number of carbonyl (C=O) groups excluding carboxylic acids is 2. The van der Waals surface area contributed by atoms with Crippen molar-refractivity contribution >= 4 is 17.6 Å². The van der Waals surface area contributed by atoms with Crippen molar-refractivity contribution in [2.75, 3.05) is 25.0 Å². The lowest BCUT2D eigenvalue weighted by atomic mass is 10.2. The smallest absolute Gasteiger partial charge is 0.275 e. The summed E-state index contributed by atoms with van der Waals surface area (Å²) in [5.74, 6) is 0.244. The van der Waals surface area contributed by atoms with Gasteiger partial charge in [0.05, 0.1) is 0 Å². The van der Waals surface area contributed by atoms with Gasteiger partial charge in [-0.25, -0.2) is 0 Å². The van der Waals surface area contributed by atoms with E-state index >= 15 is 0 Å². The Hall–Kier alpha value is -2.18. The average Bonchev–Trinajstić information content (AvgIpc) is 2.48. The first-order chi connectivity index (χ1) is 9.63. The predicted octanol–water partition coefficient (Wildman–Crippen LogP) is 0.259. The fourth-order valence-corrected chi connectivity index (χ4v) is 2.00. The minimum atomic E-state index is -0.476. The van der Waals surface area contributed by atoms with Gasteiger partial charge < -0.3 is 15.5 Å². The number of hydrogen-bond acceptors (Lipinski definition) is 5. The summed E-state index contributed by atoms with van der Waals surface area (Å²) in [6.45, 7) is 5.53. The van der Waals surface area contributed by atoms with Crippen molar-refractivity contribution in [3.05, 3.63) is 17.8 Å². The van der Waals surface area contributed by atoms with Crippen LogP contribution < -0.4 is 10.6 Å². The molecule has 0 spiro atoms. The van der Waals surface area contributed by atoms with Gasteiger partial charge in [0, 0.05) is 19.6 Å². The van der Waals surface area contributed by atoms with E-state index in [0.717, 1.165) is 13.0 Å². The second-order valence-electron chi connectivity index (χ2n) is 4.70. The molecule has 20 heavy (non-hydrogen) atoms. The molecule has 1 aliphatic heterocycles. The van der Waals surface area contributed by atoms with Gasteiger partial charge >= 0.3 is 0 Å². The summed E-state index contributed by atoms with van der Waals surface area (Å²) in [7, 11) is 0. The van der Waals surface area contributed by atoms with Crippen LogP contribution in [-0.4, -0.2) is 52.6 Å². The Morgan fingerprint density at radius 2 is 2.30 bits per heavy atom. The van der Waals surface area contributed by atoms with E-state index in [9.17, 15) is 9.59 Å². The highest BCUT2D eigenvalue weighted by atomic mass is 16.2. The molecular formula is C13H19N5O2. The number of rotatable bonds is 4. The van der Waals surface area contributed by atoms with Crippen molar-refractivity contribution in [1.29, 1.82) is 0 Å². The van der Waals surface area contributed by atoms with E-state index in [1.807, 2.05) is 0 Å². The van der Waals surface area contributed by atoms with E-state index in [4.69, 9.17) is 0 Å². The van der Waals surface area contributed by atoms with Crippen molar-refractivity contribution in [3.63, 3.8) is 0 Å². The summed E-state index contributed by atoms with van der Waals surface area (Å²) in [6, 6.07) is 2.88. The number of anilines is 1. The second kappa shape index (κ2) is 6.31. The molecule has 2 N–H and O–H groups in total. The third-order valence-corrected chi connectivity index (χ3v) is 3.20. The van der Waals surface area contributed by atoms with Crippen LogP contribution in [0.25, 0.3) is 0 Å². The van der Waals surface area contributed by atoms with Crippen molar-refractivity contribution in [2.45, 2.75) is 26.3 Å². The van der Waals surface area contributed by atoms with Gasteiger partial charge in [-0.2, -0.15) is 0 Å². The maximum Gasteiger partial charge on any atom is 0.275 e. The molecule has 1 unspecified atom stereocenters. The van der Waals surface area contributed by atoms with Crippen LogP contribution in [0.2, 0.25) is 0 Å². The highest BCUT2D eigenvalue weighted by molar-refractivity contribution is 5.96. The molecule has 0 aromatic carbocycles. The maximum atomic E-state index is 12.3. The minimum Gasteiger partial charge on any atom is -0.369 e. The topological polar surface area (TPSA) is 87.2 Å². The van der Waals surface area contributed by atoms with Gasteiger partial charge in [-0.05, 0) is 25.5 Å². The zero-order chi connectivity index (χ0) is 14.5. The molecule has 1 fully saturated rings. The summed E-state index contributed by atoms with van der Waals surface area (Å²) in [5, 5.41) is 13.7. The molecular weight excluding hydrogens is 258 g/mol. The third-order valence-electron chi connectivity index (χ3n) is 3.20. The molecule has 7 heteroatoms. The van der Waals surface area contributed by atoms with Crippen LogP contribution in [0.1, 0.15) is 30.8 Å². The summed E-state index contributed by atoms with van der Waals surface area (Å²) in [4.78, 5) is 25.4. The van der Waals surface area contributed by atoms with Gasteiger partial charge in [-0.15, -0.1) is 10.2 Å². The van der Waals surface area contributed by atoms with Gasteiger partial charge in [0.25, 0.3) is 5.91 Å². The molecule has 7 nitrogen and oxygen atoms in total. The second-order valence-corrected chi connectivity index (χ2v) is 4.70. The van der Waals surface area contributed by atoms with Crippen LogP contribution in [-0.2, 0) is 4.79 Å². The number of nitrogens with zero attached hydrogens (tertiary/aromatic N) is 3. The Labute approximate surface area is 117 Å². The first-order valence-corrected chi connectivity index (χ1v) is 6.79. The molecule has 1 aromatic rings. The quantitative estimate of drug-likeness (QED) is 0.824. The van der Waals surface area contributed by atoms with Crippen molar-refractivity contribution in [3.8, 4) is 0 Å². The van der Waals surface area contributed by atoms with Crippen molar-refractivity contribution < 1.29 is 9.59 Å². The monoisotopic (exact) mass is 277 g/mol. The van der Waals surface area contributed by atoms with Crippen molar-refractivity contribution in [2.24, 2.45) is 0 Å². The lowest BCUT2D eigenvalue weighted by molar-refractivity contribution is -0.127. The largest absolute Gasteiger partial charge is 0.369 e. The van der Waals surface area contributed by atoms with Gasteiger partial charge in [0.1, 0.15) is 11.9 Å². The Morgan fingerprint density at radius 3 is 2.95 bits per heavy atom. The number of carbonyl (C=O) groups is 2.